The van der Waals surface area contributed by atoms with Gasteiger partial charge in [0.05, 0.1) is 6.33 Å². The van der Waals surface area contributed by atoms with E-state index in [0.717, 1.165) is 67.6 Å². The van der Waals surface area contributed by atoms with Crippen LogP contribution in [0.1, 0.15) is 120 Å². The molecule has 4 atom stereocenters. The number of nitrogens with one attached hydrogen (secondary N) is 9. The number of hydrazone groups is 1. The summed E-state index contributed by atoms with van der Waals surface area (Å²) in [5.41, 5.74) is 22.1. The van der Waals surface area contributed by atoms with Crippen molar-refractivity contribution in [1.29, 1.82) is 0 Å². The summed E-state index contributed by atoms with van der Waals surface area (Å²) in [6.07, 6.45) is 28.2. The van der Waals surface area contributed by atoms with Crippen molar-refractivity contribution < 1.29 is 33.6 Å². The van der Waals surface area contributed by atoms with Crippen molar-refractivity contribution in [3.63, 3.8) is 0 Å². The number of fused-ring (bicyclic) bond motifs is 1. The molecule has 0 unspecified atom stereocenters. The van der Waals surface area contributed by atoms with Crippen LogP contribution in [0.2, 0.25) is 0 Å². The number of nitrogens with zero attached hydrogens (tertiary/aromatic N) is 3. The van der Waals surface area contributed by atoms with Gasteiger partial charge in [-0.1, -0.05) is 112 Å². The number of aromatic nitrogens is 3. The van der Waals surface area contributed by atoms with Gasteiger partial charge in [-0.25, -0.2) is 4.98 Å². The van der Waals surface area contributed by atoms with Gasteiger partial charge in [0.1, 0.15) is 36.9 Å². The average molecular weight is 1090 g/mol. The van der Waals surface area contributed by atoms with Crippen LogP contribution in [0.25, 0.3) is 10.9 Å². The molecular formula is C57H83N15O7. The molecule has 0 aliphatic carbocycles. The number of aromatic amines is 2. The Morgan fingerprint density at radius 1 is 0.646 bits per heavy atom. The smallest absolute Gasteiger partial charge is 0.264 e. The monoisotopic (exact) mass is 1090 g/mol. The molecular weight excluding hydrogens is 1010 g/mol. The Morgan fingerprint density at radius 2 is 1.30 bits per heavy atom. The Kier molecular flexibility index (Phi) is 30.0. The molecule has 2 aromatic heterocycles. The number of amides is 7. The number of H-pyrrole nitrogens is 2. The molecule has 0 saturated carbocycles. The predicted octanol–water partition coefficient (Wildman–Crippen LogP) is 3.41. The number of para-hydroxylation sites is 1. The van der Waals surface area contributed by atoms with Gasteiger partial charge >= 0.3 is 0 Å². The van der Waals surface area contributed by atoms with Crippen LogP contribution in [-0.2, 0) is 52.8 Å². The minimum Gasteiger partial charge on any atom is -0.370 e. The van der Waals surface area contributed by atoms with E-state index < -0.39 is 66.2 Å². The summed E-state index contributed by atoms with van der Waals surface area (Å²) in [7, 11) is 0. The lowest BCUT2D eigenvalue weighted by molar-refractivity contribution is -0.134. The van der Waals surface area contributed by atoms with Crippen molar-refractivity contribution in [3.05, 3.63) is 114 Å². The molecule has 0 radical (unpaired) electrons. The highest BCUT2D eigenvalue weighted by Crippen LogP contribution is 2.19. The van der Waals surface area contributed by atoms with Gasteiger partial charge in [0.15, 0.2) is 5.96 Å². The molecule has 0 aliphatic rings. The van der Waals surface area contributed by atoms with Crippen LogP contribution >= 0.6 is 0 Å². The molecule has 0 saturated heterocycles. The minimum absolute atomic E-state index is 0.0140. The maximum atomic E-state index is 14.3. The fourth-order valence-electron chi connectivity index (χ4n) is 8.44. The van der Waals surface area contributed by atoms with E-state index in [1.165, 1.54) is 38.2 Å². The number of aliphatic imine (C=N–C) groups is 1. The molecule has 0 spiro atoms. The van der Waals surface area contributed by atoms with Crippen LogP contribution in [0.4, 0.5) is 0 Å². The zero-order chi connectivity index (χ0) is 56.9. The van der Waals surface area contributed by atoms with E-state index >= 15 is 0 Å². The topological polar surface area (TPSA) is 351 Å². The van der Waals surface area contributed by atoms with Crippen LogP contribution in [-0.4, -0.2) is 119 Å². The van der Waals surface area contributed by atoms with E-state index in [2.05, 4.69) is 93.6 Å². The van der Waals surface area contributed by atoms with E-state index in [1.54, 1.807) is 36.5 Å². The molecule has 22 heteroatoms. The molecule has 2 heterocycles. The summed E-state index contributed by atoms with van der Waals surface area (Å²) in [4.78, 5) is 107. The van der Waals surface area contributed by atoms with E-state index in [-0.39, 0.29) is 50.5 Å². The molecule has 79 heavy (non-hydrogen) atoms. The Hall–Kier alpha value is -8.30. The number of carbonyl (C=O) groups excluding carboxylic acids is 7. The molecule has 4 rings (SSSR count). The number of unbranched alkanes of at least 4 members (excludes halogenated alkanes) is 8. The number of hydrogen-bond acceptors (Lipinski definition) is 11. The molecule has 15 N–H and O–H groups in total. The molecule has 2 aromatic carbocycles. The van der Waals surface area contributed by atoms with E-state index in [4.69, 9.17) is 17.2 Å². The van der Waals surface area contributed by atoms with Crippen molar-refractivity contribution in [1.82, 2.24) is 52.3 Å². The Bertz CT molecular complexity index is 2590. The second kappa shape index (κ2) is 37.5. The van der Waals surface area contributed by atoms with Crippen molar-refractivity contribution in [2.24, 2.45) is 27.3 Å². The Balaban J connectivity index is 1.25. The molecule has 0 bridgehead atoms. The van der Waals surface area contributed by atoms with E-state index in [1.807, 2.05) is 24.3 Å². The number of allylic oxidation sites excluding steroid dienone is 4. The number of imidazole rings is 1. The number of benzene rings is 2. The standard InChI is InChI=1S/C57H83N15O7/c1-2-3-4-5-6-7-8-9-10-11-12-13-14-15-19-29-50(73)62-31-23-32-63-51(74)38-67-68-39-52(75)69-49(35-43-37-61-40-66-43)56(79)72-48(33-41-24-17-16-18-25-41)55(78)70-46(28-22-30-64-57(59)60)54(77)71-47(53(58)76)34-42-36-65-45-27-21-20-26-44(42)45/h6-7,9-10,16-18,20-21,24-27,36-38,40,46-49,65,68H,2-5,8,11-15,19,22-23,28-35,39H2,1H3,(H2,58,76)(H,61,66)(H,62,73)(H,63,74)(H,69,75)(H,70,78)(H,71,77)(H,72,79)(H4,59,60,64)/b7-6-,10-9-,67-38+/t46-,47-,48+,49-/m0/s1. The van der Waals surface area contributed by atoms with Crippen molar-refractivity contribution in [2.45, 2.75) is 147 Å². The van der Waals surface area contributed by atoms with Gasteiger partial charge in [0.2, 0.25) is 35.4 Å². The molecule has 7 amide bonds. The second-order valence-electron chi connectivity index (χ2n) is 19.3. The summed E-state index contributed by atoms with van der Waals surface area (Å²) in [6, 6.07) is 11.4. The number of guanidine groups is 1. The quantitative estimate of drug-likeness (QED) is 0.0101. The Morgan fingerprint density at radius 3 is 2.03 bits per heavy atom. The van der Waals surface area contributed by atoms with Crippen LogP contribution in [0, 0.1) is 0 Å². The van der Waals surface area contributed by atoms with Gasteiger partial charge in [-0.2, -0.15) is 5.10 Å². The summed E-state index contributed by atoms with van der Waals surface area (Å²) in [5.74, 6) is -4.32. The highest BCUT2D eigenvalue weighted by molar-refractivity contribution is 6.26. The predicted molar refractivity (Wildman–Crippen MR) is 308 cm³/mol. The average Bonchev–Trinajstić information content (AvgIpc) is 4.11. The van der Waals surface area contributed by atoms with Crippen LogP contribution in [0.3, 0.4) is 0 Å². The molecule has 4 aromatic rings. The van der Waals surface area contributed by atoms with Gasteiger partial charge in [0.25, 0.3) is 5.91 Å². The largest absolute Gasteiger partial charge is 0.370 e. The van der Waals surface area contributed by atoms with Gasteiger partial charge in [-0.15, -0.1) is 0 Å². The summed E-state index contributed by atoms with van der Waals surface area (Å²) in [5, 5.41) is 21.2. The third-order valence-electron chi connectivity index (χ3n) is 12.7. The molecule has 22 nitrogen and oxygen atoms in total. The number of primary amides is 1. The third kappa shape index (κ3) is 26.5. The highest BCUT2D eigenvalue weighted by atomic mass is 16.2. The first-order valence-electron chi connectivity index (χ1n) is 27.5. The highest BCUT2D eigenvalue weighted by Gasteiger charge is 2.32. The Labute approximate surface area is 463 Å². The minimum atomic E-state index is -1.28. The SMILES string of the molecule is CCCCC/C=C\C/C=C\CCCCCCCC(=O)NCCCNC(=O)/C=N/NCC(=O)N[C@@H](Cc1cnc[nH]1)C(=O)N[C@H](Cc1ccccc1)C(=O)N[C@@H](CCCN=C(N)N)C(=O)N[C@@H](Cc1c[nH]c2ccccc12)C(N)=O. The number of rotatable bonds is 40. The van der Waals surface area contributed by atoms with Gasteiger partial charge < -0.3 is 64.5 Å². The van der Waals surface area contributed by atoms with Gasteiger partial charge in [-0.05, 0) is 75.0 Å². The first-order valence-corrected chi connectivity index (χ1v) is 27.5. The lowest BCUT2D eigenvalue weighted by Crippen LogP contribution is -2.59. The van der Waals surface area contributed by atoms with E-state index in [0.29, 0.717) is 37.2 Å². The maximum absolute atomic E-state index is 14.3. The van der Waals surface area contributed by atoms with Crippen molar-refractivity contribution in [3.8, 4) is 0 Å². The normalized spacial score (nSPS) is 12.9. The summed E-state index contributed by atoms with van der Waals surface area (Å²) in [6.45, 7) is 2.62. The first-order chi connectivity index (χ1) is 38.3. The number of carbonyl (C=O) groups is 7. The fourth-order valence-corrected chi connectivity index (χ4v) is 8.44. The first kappa shape index (κ1) is 63.2. The van der Waals surface area contributed by atoms with Crippen LogP contribution in [0.15, 0.2) is 108 Å². The van der Waals surface area contributed by atoms with Crippen LogP contribution < -0.4 is 54.5 Å². The molecule has 0 fully saturated rings. The number of nitrogens with two attached hydrogens (primary N) is 3. The van der Waals surface area contributed by atoms with Crippen molar-refractivity contribution >= 4 is 64.4 Å². The second-order valence-corrected chi connectivity index (χ2v) is 19.3. The number of hydrogen-bond donors (Lipinski definition) is 12. The summed E-state index contributed by atoms with van der Waals surface area (Å²) >= 11 is 0. The van der Waals surface area contributed by atoms with E-state index in [9.17, 15) is 33.6 Å². The zero-order valence-electron chi connectivity index (χ0n) is 45.6. The maximum Gasteiger partial charge on any atom is 0.264 e. The van der Waals surface area contributed by atoms with Gasteiger partial charge in [0, 0.05) is 74.3 Å². The fraction of sp³-hybridized carbons (Fsp3) is 0.474. The molecule has 428 valence electrons. The zero-order valence-corrected chi connectivity index (χ0v) is 45.6. The lowest BCUT2D eigenvalue weighted by Gasteiger charge is -2.26. The molecule has 0 aliphatic heterocycles. The van der Waals surface area contributed by atoms with Gasteiger partial charge in [-0.3, -0.25) is 38.6 Å². The third-order valence-corrected chi connectivity index (χ3v) is 12.7. The van der Waals surface area contributed by atoms with Crippen LogP contribution in [0.5, 0.6) is 0 Å². The lowest BCUT2D eigenvalue weighted by atomic mass is 10.0. The summed E-state index contributed by atoms with van der Waals surface area (Å²) < 4.78 is 0. The van der Waals surface area contributed by atoms with Crippen molar-refractivity contribution in [2.75, 3.05) is 26.2 Å².